The van der Waals surface area contributed by atoms with Crippen LogP contribution in [0.5, 0.6) is 0 Å². The van der Waals surface area contributed by atoms with E-state index >= 15 is 0 Å². The molecular weight excluding hydrogens is 264 g/mol. The largest absolute Gasteiger partial charge is 0.397 e. The summed E-state index contributed by atoms with van der Waals surface area (Å²) in [7, 11) is 0. The van der Waals surface area contributed by atoms with Gasteiger partial charge in [-0.2, -0.15) is 5.26 Å². The molecule has 1 aliphatic carbocycles. The van der Waals surface area contributed by atoms with Crippen molar-refractivity contribution < 1.29 is 4.74 Å². The van der Waals surface area contributed by atoms with E-state index in [1.165, 1.54) is 0 Å². The second-order valence-corrected chi connectivity index (χ2v) is 6.05. The molecule has 1 aliphatic heterocycles. The fraction of sp³-hybridized carbons (Fsp3) is 0.625. The third-order valence-electron chi connectivity index (χ3n) is 4.86. The SMILES string of the molecule is N#C[C@]1(c2ccc(N)cn2)CC[C@H](N2CCOCC2)CC1. The minimum absolute atomic E-state index is 0.434. The van der Waals surface area contributed by atoms with Gasteiger partial charge in [0.25, 0.3) is 0 Å². The standard InChI is InChI=1S/C16H22N4O/c17-12-16(15-2-1-13(18)11-19-15)5-3-14(4-6-16)20-7-9-21-10-8-20/h1-2,11,14H,3-10,18H2/t14-,16-. The molecule has 3 rings (SSSR count). The second-order valence-electron chi connectivity index (χ2n) is 6.05. The highest BCUT2D eigenvalue weighted by Gasteiger charge is 2.39. The number of rotatable bonds is 2. The van der Waals surface area contributed by atoms with Crippen molar-refractivity contribution in [3.05, 3.63) is 24.0 Å². The summed E-state index contributed by atoms with van der Waals surface area (Å²) in [5, 5.41) is 9.71. The molecule has 0 amide bonds. The van der Waals surface area contributed by atoms with E-state index in [0.717, 1.165) is 57.7 Å². The van der Waals surface area contributed by atoms with Crippen LogP contribution in [0.3, 0.4) is 0 Å². The van der Waals surface area contributed by atoms with Crippen molar-refractivity contribution in [3.8, 4) is 6.07 Å². The zero-order chi connectivity index (χ0) is 14.7. The molecule has 1 saturated carbocycles. The first-order valence-electron chi connectivity index (χ1n) is 7.69. The maximum atomic E-state index is 9.71. The Hall–Kier alpha value is -1.64. The smallest absolute Gasteiger partial charge is 0.0994 e. The van der Waals surface area contributed by atoms with E-state index in [4.69, 9.17) is 10.5 Å². The van der Waals surface area contributed by atoms with Gasteiger partial charge in [-0.15, -0.1) is 0 Å². The normalized spacial score (nSPS) is 30.7. The summed E-state index contributed by atoms with van der Waals surface area (Å²) in [4.78, 5) is 6.92. The van der Waals surface area contributed by atoms with Crippen LogP contribution in [0.2, 0.25) is 0 Å². The minimum atomic E-state index is -0.434. The second kappa shape index (κ2) is 6.00. The lowest BCUT2D eigenvalue weighted by molar-refractivity contribution is 0.00493. The van der Waals surface area contributed by atoms with Crippen molar-refractivity contribution in [2.45, 2.75) is 37.1 Å². The number of ether oxygens (including phenoxy) is 1. The lowest BCUT2D eigenvalue weighted by atomic mass is 9.71. The molecule has 0 aromatic carbocycles. The van der Waals surface area contributed by atoms with Crippen LogP contribution in [0.1, 0.15) is 31.4 Å². The van der Waals surface area contributed by atoms with Gasteiger partial charge in [0.15, 0.2) is 0 Å². The zero-order valence-electron chi connectivity index (χ0n) is 12.3. The Labute approximate surface area is 125 Å². The Bertz CT molecular complexity index is 508. The Kier molecular flexibility index (Phi) is 4.09. The van der Waals surface area contributed by atoms with E-state index in [1.54, 1.807) is 6.20 Å². The predicted octanol–water partition coefficient (Wildman–Crippen LogP) is 1.70. The number of morpholine rings is 1. The average Bonchev–Trinajstić information content (AvgIpc) is 2.56. The lowest BCUT2D eigenvalue weighted by Crippen LogP contribution is -2.47. The number of anilines is 1. The van der Waals surface area contributed by atoms with Crippen LogP contribution in [0.15, 0.2) is 18.3 Å². The highest BCUT2D eigenvalue weighted by Crippen LogP contribution is 2.39. The summed E-state index contributed by atoms with van der Waals surface area (Å²) in [5.74, 6) is 0. The minimum Gasteiger partial charge on any atom is -0.397 e. The van der Waals surface area contributed by atoms with Crippen LogP contribution in [0.25, 0.3) is 0 Å². The number of pyridine rings is 1. The molecular formula is C16H22N4O. The molecule has 0 bridgehead atoms. The molecule has 0 unspecified atom stereocenters. The molecule has 2 fully saturated rings. The van der Waals surface area contributed by atoms with Gasteiger partial charge in [-0.3, -0.25) is 9.88 Å². The summed E-state index contributed by atoms with van der Waals surface area (Å²) in [6.45, 7) is 3.70. The topological polar surface area (TPSA) is 75.2 Å². The molecule has 1 saturated heterocycles. The van der Waals surface area contributed by atoms with Crippen LogP contribution in [0.4, 0.5) is 5.69 Å². The molecule has 2 heterocycles. The molecule has 0 radical (unpaired) electrons. The molecule has 21 heavy (non-hydrogen) atoms. The summed E-state index contributed by atoms with van der Waals surface area (Å²) in [6.07, 6.45) is 5.52. The number of nitrogens with zero attached hydrogens (tertiary/aromatic N) is 3. The maximum absolute atomic E-state index is 9.71. The number of aromatic nitrogens is 1. The van der Waals surface area contributed by atoms with Gasteiger partial charge in [0.05, 0.1) is 42.3 Å². The van der Waals surface area contributed by atoms with Gasteiger partial charge in [-0.1, -0.05) is 0 Å². The predicted molar refractivity (Wildman–Crippen MR) is 80.6 cm³/mol. The average molecular weight is 286 g/mol. The van der Waals surface area contributed by atoms with Gasteiger partial charge in [0.1, 0.15) is 0 Å². The fourth-order valence-corrected chi connectivity index (χ4v) is 3.52. The van der Waals surface area contributed by atoms with Gasteiger partial charge in [0.2, 0.25) is 0 Å². The highest BCUT2D eigenvalue weighted by atomic mass is 16.5. The molecule has 0 atom stereocenters. The Morgan fingerprint density at radius 2 is 2.00 bits per heavy atom. The Morgan fingerprint density at radius 3 is 2.57 bits per heavy atom. The fourth-order valence-electron chi connectivity index (χ4n) is 3.52. The van der Waals surface area contributed by atoms with Crippen molar-refractivity contribution in [3.63, 3.8) is 0 Å². The molecule has 0 spiro atoms. The quantitative estimate of drug-likeness (QED) is 0.895. The van der Waals surface area contributed by atoms with Gasteiger partial charge >= 0.3 is 0 Å². The maximum Gasteiger partial charge on any atom is 0.0994 e. The third kappa shape index (κ3) is 2.87. The summed E-state index contributed by atoms with van der Waals surface area (Å²) in [5.41, 5.74) is 6.78. The number of nitriles is 1. The van der Waals surface area contributed by atoms with Crippen molar-refractivity contribution >= 4 is 5.69 Å². The molecule has 1 aromatic heterocycles. The summed E-state index contributed by atoms with van der Waals surface area (Å²) < 4.78 is 5.42. The lowest BCUT2D eigenvalue weighted by Gasteiger charge is -2.41. The Morgan fingerprint density at radius 1 is 1.29 bits per heavy atom. The van der Waals surface area contributed by atoms with Crippen LogP contribution in [-0.4, -0.2) is 42.2 Å². The molecule has 5 nitrogen and oxygen atoms in total. The van der Waals surface area contributed by atoms with Crippen LogP contribution in [0, 0.1) is 11.3 Å². The number of hydrogen-bond donors (Lipinski definition) is 1. The van der Waals surface area contributed by atoms with Crippen LogP contribution in [-0.2, 0) is 10.2 Å². The van der Waals surface area contributed by atoms with Crippen LogP contribution >= 0.6 is 0 Å². The third-order valence-corrected chi connectivity index (χ3v) is 4.86. The van der Waals surface area contributed by atoms with Crippen molar-refractivity contribution in [2.75, 3.05) is 32.0 Å². The van der Waals surface area contributed by atoms with Crippen molar-refractivity contribution in [2.24, 2.45) is 0 Å². The van der Waals surface area contributed by atoms with Gasteiger partial charge in [-0.25, -0.2) is 0 Å². The van der Waals surface area contributed by atoms with E-state index in [-0.39, 0.29) is 0 Å². The first kappa shape index (κ1) is 14.3. The van der Waals surface area contributed by atoms with Gasteiger partial charge < -0.3 is 10.5 Å². The monoisotopic (exact) mass is 286 g/mol. The molecule has 1 aromatic rings. The summed E-state index contributed by atoms with van der Waals surface area (Å²) >= 11 is 0. The number of nitrogen functional groups attached to an aromatic ring is 1. The summed E-state index contributed by atoms with van der Waals surface area (Å²) in [6, 6.07) is 6.87. The number of hydrogen-bond acceptors (Lipinski definition) is 5. The highest BCUT2D eigenvalue weighted by molar-refractivity contribution is 5.38. The molecule has 5 heteroatoms. The number of nitrogens with two attached hydrogens (primary N) is 1. The van der Waals surface area contributed by atoms with E-state index < -0.39 is 5.41 Å². The molecule has 2 N–H and O–H groups in total. The van der Waals surface area contributed by atoms with E-state index in [2.05, 4.69) is 16.0 Å². The van der Waals surface area contributed by atoms with Gasteiger partial charge in [0, 0.05) is 19.1 Å². The molecule has 2 aliphatic rings. The van der Waals surface area contributed by atoms with E-state index in [1.807, 2.05) is 12.1 Å². The van der Waals surface area contributed by atoms with Gasteiger partial charge in [-0.05, 0) is 37.8 Å². The zero-order valence-corrected chi connectivity index (χ0v) is 12.3. The Balaban J connectivity index is 1.69. The molecule has 112 valence electrons. The van der Waals surface area contributed by atoms with Crippen molar-refractivity contribution in [1.82, 2.24) is 9.88 Å². The van der Waals surface area contributed by atoms with Crippen molar-refractivity contribution in [1.29, 1.82) is 5.26 Å². The van der Waals surface area contributed by atoms with E-state index in [0.29, 0.717) is 11.7 Å². The first-order chi connectivity index (χ1) is 10.2. The van der Waals surface area contributed by atoms with Crippen LogP contribution < -0.4 is 5.73 Å². The van der Waals surface area contributed by atoms with E-state index in [9.17, 15) is 5.26 Å². The first-order valence-corrected chi connectivity index (χ1v) is 7.69.